The summed E-state index contributed by atoms with van der Waals surface area (Å²) < 4.78 is 17.3. The van der Waals surface area contributed by atoms with Crippen LogP contribution >= 0.6 is 15.9 Å². The molecule has 1 N–H and O–H groups in total. The van der Waals surface area contributed by atoms with Gasteiger partial charge in [-0.05, 0) is 43.3 Å². The minimum atomic E-state index is -1.09. The van der Waals surface area contributed by atoms with Gasteiger partial charge in [0.25, 0.3) is 0 Å². The van der Waals surface area contributed by atoms with Crippen LogP contribution in [0.1, 0.15) is 5.76 Å². The first-order valence-corrected chi connectivity index (χ1v) is 8.09. The van der Waals surface area contributed by atoms with Gasteiger partial charge in [0.2, 0.25) is 11.2 Å². The molecule has 0 amide bonds. The molecule has 3 aromatic rings. The number of benzene rings is 2. The van der Waals surface area contributed by atoms with Crippen LogP contribution in [0.2, 0.25) is 0 Å². The van der Waals surface area contributed by atoms with Gasteiger partial charge in [0.1, 0.15) is 22.8 Å². The van der Waals surface area contributed by atoms with E-state index in [4.69, 9.17) is 19.0 Å². The molecule has 0 atom stereocenters. The van der Waals surface area contributed by atoms with Gasteiger partial charge in [-0.2, -0.15) is 0 Å². The molecule has 0 saturated heterocycles. The van der Waals surface area contributed by atoms with Crippen LogP contribution in [0.3, 0.4) is 0 Å². The fraction of sp³-hybridized carbons (Fsp3) is 0.111. The Balaban J connectivity index is 1.98. The minimum absolute atomic E-state index is 0.106. The summed E-state index contributed by atoms with van der Waals surface area (Å²) in [7, 11) is 0. The lowest BCUT2D eigenvalue weighted by Crippen LogP contribution is -2.10. The lowest BCUT2D eigenvalue weighted by Gasteiger charge is -2.10. The van der Waals surface area contributed by atoms with E-state index in [0.717, 1.165) is 4.47 Å². The molecule has 0 unspecified atom stereocenters. The Hall–Kier alpha value is -2.80. The number of aliphatic carboxylic acids is 1. The van der Waals surface area contributed by atoms with Crippen molar-refractivity contribution in [2.24, 2.45) is 0 Å². The first kappa shape index (κ1) is 17.0. The third-order valence-corrected chi connectivity index (χ3v) is 3.91. The fourth-order valence-electron chi connectivity index (χ4n) is 2.24. The van der Waals surface area contributed by atoms with Gasteiger partial charge in [-0.1, -0.05) is 15.9 Å². The van der Waals surface area contributed by atoms with E-state index >= 15 is 0 Å². The number of hydrogen-bond donors (Lipinski definition) is 1. The maximum absolute atomic E-state index is 12.7. The topological polar surface area (TPSA) is 86.0 Å². The number of halogens is 1. The van der Waals surface area contributed by atoms with Gasteiger partial charge < -0.3 is 19.0 Å². The number of carboxylic acids is 1. The van der Waals surface area contributed by atoms with E-state index in [1.807, 2.05) is 0 Å². The first-order valence-electron chi connectivity index (χ1n) is 7.29. The van der Waals surface area contributed by atoms with Crippen LogP contribution in [0.25, 0.3) is 11.0 Å². The molecule has 0 spiro atoms. The second-order valence-electron chi connectivity index (χ2n) is 5.21. The lowest BCUT2D eigenvalue weighted by molar-refractivity contribution is -0.139. The first-order chi connectivity index (χ1) is 11.9. The van der Waals surface area contributed by atoms with Crippen molar-refractivity contribution in [3.8, 4) is 17.2 Å². The molecule has 0 bridgehead atoms. The van der Waals surface area contributed by atoms with Crippen molar-refractivity contribution in [1.29, 1.82) is 0 Å². The number of carboxylic acid groups (broad SMARTS) is 1. The summed E-state index contributed by atoms with van der Waals surface area (Å²) in [5.41, 5.74) is -0.0139. The summed E-state index contributed by atoms with van der Waals surface area (Å²) in [5, 5.41) is 8.97. The van der Waals surface area contributed by atoms with Gasteiger partial charge >= 0.3 is 5.97 Å². The lowest BCUT2D eigenvalue weighted by atomic mass is 10.2. The zero-order valence-electron chi connectivity index (χ0n) is 13.1. The molecular formula is C18H13BrO6. The fourth-order valence-corrected chi connectivity index (χ4v) is 2.51. The smallest absolute Gasteiger partial charge is 0.341 e. The van der Waals surface area contributed by atoms with Gasteiger partial charge in [0.15, 0.2) is 6.61 Å². The molecule has 0 fully saturated rings. The predicted octanol–water partition coefficient (Wildman–Crippen LogP) is 4.12. The quantitative estimate of drug-likeness (QED) is 0.688. The van der Waals surface area contributed by atoms with E-state index < -0.39 is 12.6 Å². The summed E-state index contributed by atoms with van der Waals surface area (Å²) >= 11 is 3.34. The molecule has 128 valence electrons. The molecular weight excluding hydrogens is 392 g/mol. The molecule has 1 aromatic heterocycles. The van der Waals surface area contributed by atoms with Crippen molar-refractivity contribution < 1.29 is 23.8 Å². The molecule has 25 heavy (non-hydrogen) atoms. The minimum Gasteiger partial charge on any atom is -0.482 e. The number of fused-ring (bicyclic) bond motifs is 1. The molecule has 2 aromatic carbocycles. The summed E-state index contributed by atoms with van der Waals surface area (Å²) in [6, 6.07) is 11.6. The molecule has 6 nitrogen and oxygen atoms in total. The van der Waals surface area contributed by atoms with E-state index in [2.05, 4.69) is 15.9 Å². The van der Waals surface area contributed by atoms with Crippen molar-refractivity contribution in [2.45, 2.75) is 6.92 Å². The van der Waals surface area contributed by atoms with Crippen molar-refractivity contribution >= 4 is 32.9 Å². The van der Waals surface area contributed by atoms with E-state index in [9.17, 15) is 9.59 Å². The third kappa shape index (κ3) is 3.83. The Morgan fingerprint density at radius 3 is 2.52 bits per heavy atom. The maximum Gasteiger partial charge on any atom is 0.341 e. The summed E-state index contributed by atoms with van der Waals surface area (Å²) in [6.07, 6.45) is 0. The summed E-state index contributed by atoms with van der Waals surface area (Å²) in [5.74, 6) is 0.152. The van der Waals surface area contributed by atoms with Crippen LogP contribution in [0.5, 0.6) is 17.2 Å². The number of rotatable bonds is 5. The summed E-state index contributed by atoms with van der Waals surface area (Å²) in [4.78, 5) is 23.2. The highest BCUT2D eigenvalue weighted by atomic mass is 79.9. The third-order valence-electron chi connectivity index (χ3n) is 3.38. The molecule has 0 saturated carbocycles. The summed E-state index contributed by atoms with van der Waals surface area (Å²) in [6.45, 7) is 1.15. The van der Waals surface area contributed by atoms with Crippen molar-refractivity contribution in [2.75, 3.05) is 6.61 Å². The Bertz CT molecular complexity index is 991. The molecule has 0 aliphatic carbocycles. The number of ether oxygens (including phenoxy) is 2. The van der Waals surface area contributed by atoms with Crippen molar-refractivity contribution in [3.05, 3.63) is 62.9 Å². The molecule has 0 aliphatic rings. The maximum atomic E-state index is 12.7. The zero-order valence-corrected chi connectivity index (χ0v) is 14.7. The van der Waals surface area contributed by atoms with Crippen molar-refractivity contribution in [3.63, 3.8) is 0 Å². The van der Waals surface area contributed by atoms with Crippen LogP contribution in [-0.4, -0.2) is 17.7 Å². The number of aryl methyl sites for hydroxylation is 1. The highest BCUT2D eigenvalue weighted by molar-refractivity contribution is 9.10. The second kappa shape index (κ2) is 6.98. The Kier molecular flexibility index (Phi) is 4.76. The molecule has 0 aliphatic heterocycles. The van der Waals surface area contributed by atoms with Crippen LogP contribution in [0.4, 0.5) is 0 Å². The molecule has 0 radical (unpaired) electrons. The highest BCUT2D eigenvalue weighted by Crippen LogP contribution is 2.28. The van der Waals surface area contributed by atoms with Crippen LogP contribution in [0.15, 0.2) is 56.1 Å². The standard InChI is InChI=1S/C18H13BrO6/c1-10-18(25-12-4-2-11(19)3-5-12)17(22)14-7-6-13(8-15(14)24-10)23-9-16(20)21/h2-8H,9H2,1H3,(H,20,21). The monoisotopic (exact) mass is 404 g/mol. The Morgan fingerprint density at radius 1 is 1.16 bits per heavy atom. The van der Waals surface area contributed by atoms with Gasteiger partial charge in [-0.3, -0.25) is 4.79 Å². The van der Waals surface area contributed by atoms with Crippen LogP contribution in [-0.2, 0) is 4.79 Å². The van der Waals surface area contributed by atoms with Crippen LogP contribution in [0, 0.1) is 6.92 Å². The normalized spacial score (nSPS) is 10.6. The second-order valence-corrected chi connectivity index (χ2v) is 6.13. The van der Waals surface area contributed by atoms with Gasteiger partial charge in [0, 0.05) is 10.5 Å². The number of hydrogen-bond acceptors (Lipinski definition) is 5. The average Bonchev–Trinajstić information content (AvgIpc) is 2.58. The van der Waals surface area contributed by atoms with Crippen molar-refractivity contribution in [1.82, 2.24) is 0 Å². The predicted molar refractivity (Wildman–Crippen MR) is 94.6 cm³/mol. The van der Waals surface area contributed by atoms with Gasteiger partial charge in [-0.25, -0.2) is 4.79 Å². The van der Waals surface area contributed by atoms with Crippen LogP contribution < -0.4 is 14.9 Å². The molecule has 1 heterocycles. The SMILES string of the molecule is Cc1oc2cc(OCC(=O)O)ccc2c(=O)c1Oc1ccc(Br)cc1. The number of carbonyl (C=O) groups is 1. The van der Waals surface area contributed by atoms with Gasteiger partial charge in [-0.15, -0.1) is 0 Å². The zero-order chi connectivity index (χ0) is 18.0. The molecule has 3 rings (SSSR count). The largest absolute Gasteiger partial charge is 0.482 e. The molecule has 7 heteroatoms. The average molecular weight is 405 g/mol. The highest BCUT2D eigenvalue weighted by Gasteiger charge is 2.14. The van der Waals surface area contributed by atoms with E-state index in [-0.39, 0.29) is 11.2 Å². The van der Waals surface area contributed by atoms with E-state index in [1.54, 1.807) is 31.2 Å². The Labute approximate surface area is 150 Å². The van der Waals surface area contributed by atoms with E-state index in [1.165, 1.54) is 18.2 Å². The Morgan fingerprint density at radius 2 is 1.84 bits per heavy atom. The van der Waals surface area contributed by atoms with Gasteiger partial charge in [0.05, 0.1) is 5.39 Å². The van der Waals surface area contributed by atoms with E-state index in [0.29, 0.717) is 28.2 Å².